The van der Waals surface area contributed by atoms with Crippen molar-refractivity contribution in [3.63, 3.8) is 0 Å². The largest absolute Gasteiger partial charge is 0.496 e. The van der Waals surface area contributed by atoms with Crippen molar-refractivity contribution in [3.05, 3.63) is 24.0 Å². The molecule has 5 nitrogen and oxygen atoms in total. The van der Waals surface area contributed by atoms with Gasteiger partial charge in [-0.2, -0.15) is 0 Å². The summed E-state index contributed by atoms with van der Waals surface area (Å²) in [4.78, 5) is 10.3. The van der Waals surface area contributed by atoms with Crippen LogP contribution in [0.3, 0.4) is 0 Å². The van der Waals surface area contributed by atoms with Crippen molar-refractivity contribution in [2.75, 3.05) is 33.3 Å². The Balaban J connectivity index is 1.73. The number of ether oxygens (including phenoxy) is 1. The molecule has 2 atom stereocenters. The van der Waals surface area contributed by atoms with Gasteiger partial charge in [0, 0.05) is 30.1 Å². The van der Waals surface area contributed by atoms with Gasteiger partial charge in [-0.3, -0.25) is 4.90 Å². The number of benzene rings is 1. The number of hydrogen-bond donors (Lipinski definition) is 2. The van der Waals surface area contributed by atoms with Crippen LogP contribution >= 0.6 is 0 Å². The Bertz CT molecular complexity index is 647. The van der Waals surface area contributed by atoms with E-state index in [9.17, 15) is 0 Å². The van der Waals surface area contributed by atoms with Gasteiger partial charge in [0.1, 0.15) is 5.75 Å². The third-order valence-electron chi connectivity index (χ3n) is 5.23. The fraction of sp³-hybridized carbons (Fsp3) is 0.588. The highest BCUT2D eigenvalue weighted by Gasteiger charge is 2.34. The Labute approximate surface area is 131 Å². The van der Waals surface area contributed by atoms with E-state index in [2.05, 4.69) is 32.3 Å². The van der Waals surface area contributed by atoms with Crippen LogP contribution in [0.1, 0.15) is 30.7 Å². The molecule has 1 aromatic carbocycles. The SMILES string of the molecule is COc1cc2nc[nH]c2cc1C1CNCCC1N1CCCC1. The molecular weight excluding hydrogens is 276 g/mol. The smallest absolute Gasteiger partial charge is 0.124 e. The second-order valence-electron chi connectivity index (χ2n) is 6.42. The van der Waals surface area contributed by atoms with E-state index in [1.807, 2.05) is 0 Å². The van der Waals surface area contributed by atoms with Crippen molar-refractivity contribution < 1.29 is 4.74 Å². The Kier molecular flexibility index (Phi) is 3.76. The number of likely N-dealkylation sites (tertiary alicyclic amines) is 1. The van der Waals surface area contributed by atoms with Crippen molar-refractivity contribution in [1.29, 1.82) is 0 Å². The van der Waals surface area contributed by atoms with E-state index in [1.54, 1.807) is 13.4 Å². The Morgan fingerprint density at radius 3 is 2.95 bits per heavy atom. The molecule has 1 aromatic heterocycles. The van der Waals surface area contributed by atoms with Crippen molar-refractivity contribution in [2.45, 2.75) is 31.2 Å². The van der Waals surface area contributed by atoms with Gasteiger partial charge in [0.15, 0.2) is 0 Å². The molecule has 0 amide bonds. The summed E-state index contributed by atoms with van der Waals surface area (Å²) in [6.07, 6.45) is 5.65. The first-order valence-corrected chi connectivity index (χ1v) is 8.32. The monoisotopic (exact) mass is 300 g/mol. The van der Waals surface area contributed by atoms with Crippen LogP contribution in [0.5, 0.6) is 5.75 Å². The van der Waals surface area contributed by atoms with Gasteiger partial charge in [-0.15, -0.1) is 0 Å². The normalized spacial score (nSPS) is 26.6. The summed E-state index contributed by atoms with van der Waals surface area (Å²) >= 11 is 0. The molecule has 0 saturated carbocycles. The van der Waals surface area contributed by atoms with E-state index in [0.29, 0.717) is 12.0 Å². The summed E-state index contributed by atoms with van der Waals surface area (Å²) in [5.74, 6) is 1.45. The van der Waals surface area contributed by atoms with Crippen molar-refractivity contribution in [2.24, 2.45) is 0 Å². The maximum Gasteiger partial charge on any atom is 0.124 e. The zero-order chi connectivity index (χ0) is 14.9. The first-order chi connectivity index (χ1) is 10.9. The van der Waals surface area contributed by atoms with Crippen LogP contribution in [0.15, 0.2) is 18.5 Å². The highest BCUT2D eigenvalue weighted by Crippen LogP contribution is 2.36. The van der Waals surface area contributed by atoms with E-state index >= 15 is 0 Å². The van der Waals surface area contributed by atoms with Gasteiger partial charge in [-0.25, -0.2) is 4.98 Å². The number of piperidine rings is 1. The molecule has 5 heteroatoms. The predicted octanol–water partition coefficient (Wildman–Crippen LogP) is 2.11. The number of nitrogens with one attached hydrogen (secondary N) is 2. The molecule has 3 heterocycles. The lowest BCUT2D eigenvalue weighted by atomic mass is 9.85. The number of rotatable bonds is 3. The Hall–Kier alpha value is -1.59. The Morgan fingerprint density at radius 1 is 1.27 bits per heavy atom. The number of imidazole rings is 1. The highest BCUT2D eigenvalue weighted by molar-refractivity contribution is 5.78. The summed E-state index contributed by atoms with van der Waals surface area (Å²) < 4.78 is 5.69. The third-order valence-corrected chi connectivity index (χ3v) is 5.23. The highest BCUT2D eigenvalue weighted by atomic mass is 16.5. The number of methoxy groups -OCH3 is 1. The van der Waals surface area contributed by atoms with E-state index in [4.69, 9.17) is 4.74 Å². The topological polar surface area (TPSA) is 53.2 Å². The molecule has 118 valence electrons. The second kappa shape index (κ2) is 5.89. The zero-order valence-electron chi connectivity index (χ0n) is 13.1. The molecule has 0 spiro atoms. The Morgan fingerprint density at radius 2 is 2.14 bits per heavy atom. The van der Waals surface area contributed by atoms with E-state index in [0.717, 1.165) is 29.9 Å². The molecule has 22 heavy (non-hydrogen) atoms. The van der Waals surface area contributed by atoms with Crippen LogP contribution in [0, 0.1) is 0 Å². The minimum Gasteiger partial charge on any atom is -0.496 e. The number of aromatic amines is 1. The quantitative estimate of drug-likeness (QED) is 0.911. The zero-order valence-corrected chi connectivity index (χ0v) is 13.1. The first-order valence-electron chi connectivity index (χ1n) is 8.32. The molecule has 2 saturated heterocycles. The third kappa shape index (κ3) is 2.38. The molecule has 0 bridgehead atoms. The fourth-order valence-electron chi connectivity index (χ4n) is 4.12. The maximum absolute atomic E-state index is 5.69. The van der Waals surface area contributed by atoms with Crippen LogP contribution in [-0.2, 0) is 0 Å². The van der Waals surface area contributed by atoms with Gasteiger partial charge in [-0.05, 0) is 45.0 Å². The molecule has 2 aliphatic rings. The van der Waals surface area contributed by atoms with Crippen LogP contribution < -0.4 is 10.1 Å². The van der Waals surface area contributed by atoms with Crippen LogP contribution in [-0.4, -0.2) is 54.2 Å². The minimum absolute atomic E-state index is 0.481. The van der Waals surface area contributed by atoms with Gasteiger partial charge >= 0.3 is 0 Å². The standard InChI is InChI=1S/C17H24N4O/c1-22-17-9-15-14(19-11-20-15)8-12(17)13-10-18-5-4-16(13)21-6-2-3-7-21/h8-9,11,13,16,18H,2-7,10H2,1H3,(H,19,20). The van der Waals surface area contributed by atoms with Gasteiger partial charge in [0.25, 0.3) is 0 Å². The lowest BCUT2D eigenvalue weighted by Crippen LogP contribution is -2.47. The molecule has 2 aromatic rings. The van der Waals surface area contributed by atoms with Crippen molar-refractivity contribution >= 4 is 11.0 Å². The molecular formula is C17H24N4O. The molecule has 2 aliphatic heterocycles. The average Bonchev–Trinajstić information content (AvgIpc) is 3.24. The second-order valence-corrected chi connectivity index (χ2v) is 6.42. The predicted molar refractivity (Wildman–Crippen MR) is 87.5 cm³/mol. The molecule has 0 aliphatic carbocycles. The number of aromatic nitrogens is 2. The number of fused-ring (bicyclic) bond motifs is 1. The summed E-state index contributed by atoms with van der Waals surface area (Å²) in [6, 6.07) is 4.93. The molecule has 4 rings (SSSR count). The number of hydrogen-bond acceptors (Lipinski definition) is 4. The molecule has 2 unspecified atom stereocenters. The maximum atomic E-state index is 5.69. The first kappa shape index (κ1) is 14.0. The van der Waals surface area contributed by atoms with E-state index in [1.165, 1.54) is 37.9 Å². The van der Waals surface area contributed by atoms with Crippen molar-refractivity contribution in [3.8, 4) is 5.75 Å². The van der Waals surface area contributed by atoms with Crippen LogP contribution in [0.4, 0.5) is 0 Å². The van der Waals surface area contributed by atoms with Crippen LogP contribution in [0.25, 0.3) is 11.0 Å². The summed E-state index contributed by atoms with van der Waals surface area (Å²) in [5, 5.41) is 3.57. The lowest BCUT2D eigenvalue weighted by Gasteiger charge is -2.39. The van der Waals surface area contributed by atoms with E-state index in [-0.39, 0.29) is 0 Å². The number of nitrogens with zero attached hydrogens (tertiary/aromatic N) is 2. The molecule has 2 N–H and O–H groups in total. The molecule has 0 radical (unpaired) electrons. The van der Waals surface area contributed by atoms with Crippen LogP contribution in [0.2, 0.25) is 0 Å². The number of H-pyrrole nitrogens is 1. The summed E-state index contributed by atoms with van der Waals surface area (Å²) in [6.45, 7) is 4.63. The average molecular weight is 300 g/mol. The van der Waals surface area contributed by atoms with Gasteiger partial charge in [-0.1, -0.05) is 0 Å². The van der Waals surface area contributed by atoms with Gasteiger partial charge in [0.2, 0.25) is 0 Å². The lowest BCUT2D eigenvalue weighted by molar-refractivity contribution is 0.173. The fourth-order valence-corrected chi connectivity index (χ4v) is 4.12. The van der Waals surface area contributed by atoms with Gasteiger partial charge < -0.3 is 15.0 Å². The van der Waals surface area contributed by atoms with E-state index < -0.39 is 0 Å². The van der Waals surface area contributed by atoms with Gasteiger partial charge in [0.05, 0.1) is 24.5 Å². The summed E-state index contributed by atoms with van der Waals surface area (Å²) in [5.41, 5.74) is 3.38. The minimum atomic E-state index is 0.481. The molecule has 2 fully saturated rings. The summed E-state index contributed by atoms with van der Waals surface area (Å²) in [7, 11) is 1.76. The van der Waals surface area contributed by atoms with Crippen molar-refractivity contribution in [1.82, 2.24) is 20.2 Å².